The first kappa shape index (κ1) is 12.5. The van der Waals surface area contributed by atoms with Gasteiger partial charge < -0.3 is 0 Å². The van der Waals surface area contributed by atoms with Crippen molar-refractivity contribution < 1.29 is 0 Å². The standard InChI is InChI=1S/C17H12BrN3/c1-11-10-16-14-4-2-3-5-15(14)19-17(21(16)20-11)12-6-8-13(18)9-7-12/h2-10H,1H3. The van der Waals surface area contributed by atoms with E-state index in [1.165, 1.54) is 0 Å². The lowest BCUT2D eigenvalue weighted by Crippen LogP contribution is -1.99. The molecule has 0 aliphatic carbocycles. The Morgan fingerprint density at radius 2 is 1.76 bits per heavy atom. The van der Waals surface area contributed by atoms with Crippen molar-refractivity contribution in [3.8, 4) is 11.4 Å². The molecule has 0 saturated heterocycles. The molecule has 21 heavy (non-hydrogen) atoms. The van der Waals surface area contributed by atoms with Gasteiger partial charge in [0, 0.05) is 15.4 Å². The van der Waals surface area contributed by atoms with Gasteiger partial charge in [-0.25, -0.2) is 9.50 Å². The molecular weight excluding hydrogens is 326 g/mol. The molecule has 0 atom stereocenters. The molecule has 2 heterocycles. The van der Waals surface area contributed by atoms with E-state index in [-0.39, 0.29) is 0 Å². The second kappa shape index (κ2) is 4.67. The van der Waals surface area contributed by atoms with Gasteiger partial charge in [0.2, 0.25) is 0 Å². The summed E-state index contributed by atoms with van der Waals surface area (Å²) in [4.78, 5) is 4.80. The number of aromatic nitrogens is 3. The summed E-state index contributed by atoms with van der Waals surface area (Å²) in [6.07, 6.45) is 0. The van der Waals surface area contributed by atoms with Crippen LogP contribution in [-0.4, -0.2) is 14.6 Å². The van der Waals surface area contributed by atoms with E-state index >= 15 is 0 Å². The highest BCUT2D eigenvalue weighted by atomic mass is 79.9. The number of halogens is 1. The maximum atomic E-state index is 4.80. The molecule has 4 rings (SSSR count). The number of fused-ring (bicyclic) bond motifs is 3. The SMILES string of the molecule is Cc1cc2c3ccccc3nc(-c3ccc(Br)cc3)n2n1. The average Bonchev–Trinajstić information content (AvgIpc) is 2.89. The Hall–Kier alpha value is -2.20. The fraction of sp³-hybridized carbons (Fsp3) is 0.0588. The van der Waals surface area contributed by atoms with Crippen molar-refractivity contribution in [2.24, 2.45) is 0 Å². The molecule has 0 unspecified atom stereocenters. The summed E-state index contributed by atoms with van der Waals surface area (Å²) in [5, 5.41) is 5.73. The first-order valence-electron chi connectivity index (χ1n) is 6.73. The maximum absolute atomic E-state index is 4.80. The normalized spacial score (nSPS) is 11.3. The third kappa shape index (κ3) is 2.03. The molecule has 2 aromatic heterocycles. The molecular formula is C17H12BrN3. The number of para-hydroxylation sites is 1. The highest BCUT2D eigenvalue weighted by Crippen LogP contribution is 2.26. The van der Waals surface area contributed by atoms with Crippen molar-refractivity contribution >= 4 is 32.3 Å². The Kier molecular flexibility index (Phi) is 2.79. The summed E-state index contributed by atoms with van der Waals surface area (Å²) in [5.74, 6) is 0.865. The zero-order valence-electron chi connectivity index (χ0n) is 11.4. The van der Waals surface area contributed by atoms with Crippen molar-refractivity contribution in [2.75, 3.05) is 0 Å². The van der Waals surface area contributed by atoms with Crippen LogP contribution in [0.3, 0.4) is 0 Å². The lowest BCUT2D eigenvalue weighted by Gasteiger charge is -2.07. The van der Waals surface area contributed by atoms with E-state index in [0.717, 1.165) is 38.0 Å². The lowest BCUT2D eigenvalue weighted by atomic mass is 10.1. The summed E-state index contributed by atoms with van der Waals surface area (Å²) in [6.45, 7) is 2.01. The number of aryl methyl sites for hydroxylation is 1. The summed E-state index contributed by atoms with van der Waals surface area (Å²) >= 11 is 3.47. The van der Waals surface area contributed by atoms with Crippen LogP contribution in [0.1, 0.15) is 5.69 Å². The molecule has 0 N–H and O–H groups in total. The monoisotopic (exact) mass is 337 g/mol. The smallest absolute Gasteiger partial charge is 0.161 e. The molecule has 0 amide bonds. The van der Waals surface area contributed by atoms with Crippen molar-refractivity contribution in [2.45, 2.75) is 6.92 Å². The van der Waals surface area contributed by atoms with Crippen molar-refractivity contribution in [3.63, 3.8) is 0 Å². The van der Waals surface area contributed by atoms with Gasteiger partial charge in [0.05, 0.1) is 16.7 Å². The molecule has 0 saturated carbocycles. The van der Waals surface area contributed by atoms with Crippen LogP contribution >= 0.6 is 15.9 Å². The summed E-state index contributed by atoms with van der Waals surface area (Å²) in [6, 6.07) is 18.4. The van der Waals surface area contributed by atoms with Crippen molar-refractivity contribution in [1.82, 2.24) is 14.6 Å². The summed E-state index contributed by atoms with van der Waals surface area (Å²) < 4.78 is 2.99. The average molecular weight is 338 g/mol. The zero-order valence-corrected chi connectivity index (χ0v) is 13.0. The van der Waals surface area contributed by atoms with Crippen LogP contribution in [-0.2, 0) is 0 Å². The minimum atomic E-state index is 0.865. The second-order valence-corrected chi connectivity index (χ2v) is 5.96. The lowest BCUT2D eigenvalue weighted by molar-refractivity contribution is 0.921. The Morgan fingerprint density at radius 3 is 2.57 bits per heavy atom. The van der Waals surface area contributed by atoms with E-state index in [0.29, 0.717) is 0 Å². The van der Waals surface area contributed by atoms with Crippen LogP contribution in [0.25, 0.3) is 27.8 Å². The zero-order chi connectivity index (χ0) is 14.4. The number of nitrogens with zero attached hydrogens (tertiary/aromatic N) is 3. The molecule has 0 fully saturated rings. The van der Waals surface area contributed by atoms with Crippen molar-refractivity contribution in [3.05, 3.63) is 64.8 Å². The topological polar surface area (TPSA) is 30.2 Å². The highest BCUT2D eigenvalue weighted by molar-refractivity contribution is 9.10. The van der Waals surface area contributed by atoms with E-state index in [9.17, 15) is 0 Å². The van der Waals surface area contributed by atoms with Gasteiger partial charge in [-0.3, -0.25) is 0 Å². The molecule has 4 aromatic rings. The third-order valence-corrected chi connectivity index (χ3v) is 4.07. The van der Waals surface area contributed by atoms with E-state index < -0.39 is 0 Å². The molecule has 0 aliphatic rings. The van der Waals surface area contributed by atoms with E-state index in [1.807, 2.05) is 41.8 Å². The number of benzene rings is 2. The van der Waals surface area contributed by atoms with Gasteiger partial charge in [-0.1, -0.05) is 46.3 Å². The van der Waals surface area contributed by atoms with Crippen LogP contribution in [0.5, 0.6) is 0 Å². The van der Waals surface area contributed by atoms with E-state index in [4.69, 9.17) is 4.98 Å². The van der Waals surface area contributed by atoms with Gasteiger partial charge >= 0.3 is 0 Å². The fourth-order valence-corrected chi connectivity index (χ4v) is 2.85. The molecule has 0 aliphatic heterocycles. The van der Waals surface area contributed by atoms with Crippen molar-refractivity contribution in [1.29, 1.82) is 0 Å². The molecule has 4 heteroatoms. The van der Waals surface area contributed by atoms with Crippen LogP contribution in [0.4, 0.5) is 0 Å². The van der Waals surface area contributed by atoms with Crippen LogP contribution < -0.4 is 0 Å². The second-order valence-electron chi connectivity index (χ2n) is 5.04. The number of hydrogen-bond acceptors (Lipinski definition) is 2. The number of hydrogen-bond donors (Lipinski definition) is 0. The largest absolute Gasteiger partial charge is 0.228 e. The van der Waals surface area contributed by atoms with Crippen LogP contribution in [0, 0.1) is 6.92 Å². The van der Waals surface area contributed by atoms with Crippen LogP contribution in [0.2, 0.25) is 0 Å². The summed E-state index contributed by atoms with van der Waals surface area (Å²) in [7, 11) is 0. The molecule has 102 valence electrons. The Morgan fingerprint density at radius 1 is 1.00 bits per heavy atom. The number of rotatable bonds is 1. The predicted molar refractivity (Wildman–Crippen MR) is 88.4 cm³/mol. The Bertz CT molecular complexity index is 955. The highest BCUT2D eigenvalue weighted by Gasteiger charge is 2.11. The molecule has 3 nitrogen and oxygen atoms in total. The van der Waals surface area contributed by atoms with Gasteiger partial charge in [0.25, 0.3) is 0 Å². The minimum Gasteiger partial charge on any atom is -0.228 e. The van der Waals surface area contributed by atoms with Gasteiger partial charge in [-0.05, 0) is 31.2 Å². The third-order valence-electron chi connectivity index (χ3n) is 3.54. The van der Waals surface area contributed by atoms with Gasteiger partial charge in [0.15, 0.2) is 5.82 Å². The maximum Gasteiger partial charge on any atom is 0.161 e. The Balaban J connectivity index is 2.13. The molecule has 0 radical (unpaired) electrons. The predicted octanol–water partition coefficient (Wildman–Crippen LogP) is 4.62. The molecule has 0 bridgehead atoms. The first-order chi connectivity index (χ1) is 10.2. The first-order valence-corrected chi connectivity index (χ1v) is 7.53. The Labute approximate surface area is 130 Å². The molecule has 2 aromatic carbocycles. The van der Waals surface area contributed by atoms with Gasteiger partial charge in [-0.2, -0.15) is 5.10 Å². The molecule has 0 spiro atoms. The quantitative estimate of drug-likeness (QED) is 0.507. The minimum absolute atomic E-state index is 0.865. The van der Waals surface area contributed by atoms with Gasteiger partial charge in [-0.15, -0.1) is 0 Å². The van der Waals surface area contributed by atoms with E-state index in [2.05, 4.69) is 45.3 Å². The van der Waals surface area contributed by atoms with Gasteiger partial charge in [0.1, 0.15) is 0 Å². The summed E-state index contributed by atoms with van der Waals surface area (Å²) in [5.41, 5.74) is 4.13. The van der Waals surface area contributed by atoms with Crippen LogP contribution in [0.15, 0.2) is 59.1 Å². The van der Waals surface area contributed by atoms with E-state index in [1.54, 1.807) is 0 Å². The fourth-order valence-electron chi connectivity index (χ4n) is 2.59.